The number of ether oxygens (including phenoxy) is 1. The number of alkyl halides is 1. The van der Waals surface area contributed by atoms with Crippen LogP contribution in [-0.2, 0) is 4.74 Å². The second-order valence-electron chi connectivity index (χ2n) is 4.76. The summed E-state index contributed by atoms with van der Waals surface area (Å²) in [5.74, 6) is 0.785. The van der Waals surface area contributed by atoms with Crippen LogP contribution in [0.4, 0.5) is 0 Å². The van der Waals surface area contributed by atoms with Gasteiger partial charge in [0.05, 0.1) is 29.1 Å². The van der Waals surface area contributed by atoms with Gasteiger partial charge in [0, 0.05) is 7.11 Å². The van der Waals surface area contributed by atoms with Crippen LogP contribution in [0, 0.1) is 11.3 Å². The van der Waals surface area contributed by atoms with Crippen LogP contribution in [0.1, 0.15) is 43.1 Å². The number of methoxy groups -OCH3 is 1. The van der Waals surface area contributed by atoms with Crippen molar-refractivity contribution in [2.75, 3.05) is 13.7 Å². The van der Waals surface area contributed by atoms with E-state index in [0.29, 0.717) is 17.7 Å². The number of aromatic nitrogens is 2. The van der Waals surface area contributed by atoms with Crippen LogP contribution in [0.25, 0.3) is 11.0 Å². The van der Waals surface area contributed by atoms with Crippen LogP contribution in [0.5, 0.6) is 0 Å². The summed E-state index contributed by atoms with van der Waals surface area (Å²) in [6, 6.07) is 7.98. The molecule has 5 heteroatoms. The maximum atomic E-state index is 9.22. The summed E-state index contributed by atoms with van der Waals surface area (Å²) in [5, 5.41) is 8.99. The zero-order valence-electron chi connectivity index (χ0n) is 11.9. The van der Waals surface area contributed by atoms with E-state index >= 15 is 0 Å². The van der Waals surface area contributed by atoms with E-state index in [1.807, 2.05) is 19.1 Å². The first-order valence-corrected chi connectivity index (χ1v) is 7.11. The van der Waals surface area contributed by atoms with Gasteiger partial charge in [0.2, 0.25) is 0 Å². The molecule has 1 aromatic carbocycles. The first kappa shape index (κ1) is 14.8. The SMILES string of the molecule is CCC(COC)n1c(C(C)Cl)nc2c(C#N)cccc21. The molecule has 0 amide bonds. The van der Waals surface area contributed by atoms with Crippen molar-refractivity contribution in [3.63, 3.8) is 0 Å². The summed E-state index contributed by atoms with van der Waals surface area (Å²) in [7, 11) is 1.69. The number of imidazole rings is 1. The minimum Gasteiger partial charge on any atom is -0.383 e. The van der Waals surface area contributed by atoms with Crippen LogP contribution in [0.15, 0.2) is 18.2 Å². The number of fused-ring (bicyclic) bond motifs is 1. The molecule has 0 saturated heterocycles. The number of nitriles is 1. The Morgan fingerprint density at radius 3 is 2.80 bits per heavy atom. The molecule has 1 aromatic heterocycles. The summed E-state index contributed by atoms with van der Waals surface area (Å²) in [5.41, 5.74) is 2.23. The minimum absolute atomic E-state index is 0.162. The van der Waals surface area contributed by atoms with E-state index in [4.69, 9.17) is 16.3 Å². The van der Waals surface area contributed by atoms with E-state index in [0.717, 1.165) is 17.8 Å². The molecule has 0 bridgehead atoms. The monoisotopic (exact) mass is 291 g/mol. The lowest BCUT2D eigenvalue weighted by atomic mass is 10.2. The van der Waals surface area contributed by atoms with E-state index in [9.17, 15) is 5.26 Å². The molecule has 1 heterocycles. The van der Waals surface area contributed by atoms with E-state index in [-0.39, 0.29) is 11.4 Å². The zero-order valence-corrected chi connectivity index (χ0v) is 12.7. The molecule has 4 nitrogen and oxygen atoms in total. The van der Waals surface area contributed by atoms with Gasteiger partial charge < -0.3 is 9.30 Å². The lowest BCUT2D eigenvalue weighted by Gasteiger charge is -2.20. The zero-order chi connectivity index (χ0) is 14.7. The molecular weight excluding hydrogens is 274 g/mol. The highest BCUT2D eigenvalue weighted by Gasteiger charge is 2.21. The lowest BCUT2D eigenvalue weighted by Crippen LogP contribution is -2.16. The minimum atomic E-state index is -0.222. The third kappa shape index (κ3) is 2.52. The number of hydrogen-bond donors (Lipinski definition) is 0. The highest BCUT2D eigenvalue weighted by Crippen LogP contribution is 2.30. The molecular formula is C15H18ClN3O. The van der Waals surface area contributed by atoms with Gasteiger partial charge in [-0.15, -0.1) is 11.6 Å². The smallest absolute Gasteiger partial charge is 0.128 e. The number of nitrogens with zero attached hydrogens (tertiary/aromatic N) is 3. The Morgan fingerprint density at radius 1 is 1.50 bits per heavy atom. The van der Waals surface area contributed by atoms with Crippen LogP contribution >= 0.6 is 11.6 Å². The second-order valence-corrected chi connectivity index (χ2v) is 5.41. The van der Waals surface area contributed by atoms with Gasteiger partial charge in [0.15, 0.2) is 0 Å². The maximum absolute atomic E-state index is 9.22. The van der Waals surface area contributed by atoms with Crippen molar-refractivity contribution in [1.82, 2.24) is 9.55 Å². The number of benzene rings is 1. The largest absolute Gasteiger partial charge is 0.383 e. The molecule has 0 radical (unpaired) electrons. The van der Waals surface area contributed by atoms with E-state index in [1.54, 1.807) is 13.2 Å². The molecule has 2 atom stereocenters. The molecule has 2 aromatic rings. The number of rotatable bonds is 5. The van der Waals surface area contributed by atoms with Gasteiger partial charge in [-0.05, 0) is 25.5 Å². The molecule has 0 fully saturated rings. The Hall–Kier alpha value is -1.57. The molecule has 2 rings (SSSR count). The Labute approximate surface area is 123 Å². The summed E-state index contributed by atoms with van der Waals surface area (Å²) < 4.78 is 7.41. The Kier molecular flexibility index (Phi) is 4.64. The van der Waals surface area contributed by atoms with Gasteiger partial charge in [-0.1, -0.05) is 13.0 Å². The Morgan fingerprint density at radius 2 is 2.25 bits per heavy atom. The molecule has 0 spiro atoms. The second kappa shape index (κ2) is 6.25. The highest BCUT2D eigenvalue weighted by molar-refractivity contribution is 6.20. The fourth-order valence-corrected chi connectivity index (χ4v) is 2.61. The fourth-order valence-electron chi connectivity index (χ4n) is 2.46. The van der Waals surface area contributed by atoms with Gasteiger partial charge in [-0.25, -0.2) is 4.98 Å². The first-order chi connectivity index (χ1) is 9.63. The topological polar surface area (TPSA) is 50.8 Å². The third-order valence-electron chi connectivity index (χ3n) is 3.42. The number of hydrogen-bond acceptors (Lipinski definition) is 3. The van der Waals surface area contributed by atoms with Gasteiger partial charge in [0.1, 0.15) is 17.4 Å². The third-order valence-corrected chi connectivity index (χ3v) is 3.61. The van der Waals surface area contributed by atoms with Crippen molar-refractivity contribution in [3.8, 4) is 6.07 Å². The quantitative estimate of drug-likeness (QED) is 0.787. The molecule has 2 unspecified atom stereocenters. The van der Waals surface area contributed by atoms with Crippen molar-refractivity contribution in [2.45, 2.75) is 31.7 Å². The average molecular weight is 292 g/mol. The van der Waals surface area contributed by atoms with E-state index in [1.165, 1.54) is 0 Å². The van der Waals surface area contributed by atoms with Gasteiger partial charge in [-0.2, -0.15) is 5.26 Å². The van der Waals surface area contributed by atoms with Crippen LogP contribution in [0.2, 0.25) is 0 Å². The maximum Gasteiger partial charge on any atom is 0.128 e. The normalized spacial score (nSPS) is 14.2. The summed E-state index contributed by atoms with van der Waals surface area (Å²) in [4.78, 5) is 4.59. The van der Waals surface area contributed by atoms with Crippen molar-refractivity contribution >= 4 is 22.6 Å². The number of para-hydroxylation sites is 1. The van der Waals surface area contributed by atoms with Crippen LogP contribution in [-0.4, -0.2) is 23.3 Å². The predicted octanol–water partition coefficient (Wildman–Crippen LogP) is 3.81. The standard InChI is InChI=1S/C15H18ClN3O/c1-4-12(9-20-3)19-13-7-5-6-11(8-17)14(13)18-15(19)10(2)16/h5-7,10,12H,4,9H2,1-3H3. The van der Waals surface area contributed by atoms with Crippen molar-refractivity contribution in [1.29, 1.82) is 5.26 Å². The summed E-state index contributed by atoms with van der Waals surface area (Å²) in [6.45, 7) is 4.59. The van der Waals surface area contributed by atoms with Crippen molar-refractivity contribution in [3.05, 3.63) is 29.6 Å². The highest BCUT2D eigenvalue weighted by atomic mass is 35.5. The molecule has 0 aliphatic carbocycles. The Bertz CT molecular complexity index is 642. The predicted molar refractivity (Wildman–Crippen MR) is 79.9 cm³/mol. The molecule has 20 heavy (non-hydrogen) atoms. The van der Waals surface area contributed by atoms with Crippen molar-refractivity contribution < 1.29 is 4.74 Å². The lowest BCUT2D eigenvalue weighted by molar-refractivity contribution is 0.153. The summed E-state index contributed by atoms with van der Waals surface area (Å²) >= 11 is 6.27. The Balaban J connectivity index is 2.73. The molecule has 106 valence electrons. The molecule has 0 aliphatic rings. The molecule has 0 aliphatic heterocycles. The van der Waals surface area contributed by atoms with Crippen molar-refractivity contribution in [2.24, 2.45) is 0 Å². The molecule has 0 saturated carbocycles. The van der Waals surface area contributed by atoms with Gasteiger partial charge in [0.25, 0.3) is 0 Å². The van der Waals surface area contributed by atoms with Crippen LogP contribution < -0.4 is 0 Å². The number of halogens is 1. The van der Waals surface area contributed by atoms with E-state index in [2.05, 4.69) is 22.5 Å². The average Bonchev–Trinajstić information content (AvgIpc) is 2.84. The van der Waals surface area contributed by atoms with Gasteiger partial charge >= 0.3 is 0 Å². The van der Waals surface area contributed by atoms with Crippen LogP contribution in [0.3, 0.4) is 0 Å². The van der Waals surface area contributed by atoms with E-state index < -0.39 is 0 Å². The summed E-state index contributed by atoms with van der Waals surface area (Å²) in [6.07, 6.45) is 0.909. The molecule has 0 N–H and O–H groups in total. The van der Waals surface area contributed by atoms with Gasteiger partial charge in [-0.3, -0.25) is 0 Å². The fraction of sp³-hybridized carbons (Fsp3) is 0.467. The first-order valence-electron chi connectivity index (χ1n) is 6.68.